The lowest BCUT2D eigenvalue weighted by Gasteiger charge is -2.45. The van der Waals surface area contributed by atoms with Crippen LogP contribution in [0.1, 0.15) is 37.8 Å². The molecule has 130 valence electrons. The highest BCUT2D eigenvalue weighted by Gasteiger charge is 2.48. The zero-order valence-electron chi connectivity index (χ0n) is 13.5. The normalized spacial score (nSPS) is 33.9. The number of ketones is 1. The van der Waals surface area contributed by atoms with Crippen LogP contribution in [0.5, 0.6) is 0 Å². The SMILES string of the molecule is C[C@@H]1C(=O)C[C@H]2C[C@@H]1OO[C@@]2(C)C=Cc1ccc(C(F)(F)F)cc1. The summed E-state index contributed by atoms with van der Waals surface area (Å²) < 4.78 is 37.7. The lowest BCUT2D eigenvalue weighted by molar-refractivity contribution is -0.415. The van der Waals surface area contributed by atoms with Crippen molar-refractivity contribution >= 4 is 11.9 Å². The van der Waals surface area contributed by atoms with Crippen LogP contribution in [0, 0.1) is 11.8 Å². The summed E-state index contributed by atoms with van der Waals surface area (Å²) in [6, 6.07) is 4.90. The van der Waals surface area contributed by atoms with Gasteiger partial charge in [-0.05, 0) is 37.1 Å². The first-order valence-electron chi connectivity index (χ1n) is 7.93. The average molecular weight is 340 g/mol. The average Bonchev–Trinajstić information content (AvgIpc) is 2.53. The van der Waals surface area contributed by atoms with E-state index in [2.05, 4.69) is 0 Å². The van der Waals surface area contributed by atoms with Gasteiger partial charge < -0.3 is 0 Å². The van der Waals surface area contributed by atoms with Crippen molar-refractivity contribution in [2.24, 2.45) is 11.8 Å². The van der Waals surface area contributed by atoms with E-state index >= 15 is 0 Å². The number of hydrogen-bond donors (Lipinski definition) is 0. The minimum Gasteiger partial charge on any atom is -0.299 e. The molecule has 2 aliphatic rings. The van der Waals surface area contributed by atoms with Gasteiger partial charge in [0.1, 0.15) is 17.5 Å². The summed E-state index contributed by atoms with van der Waals surface area (Å²) in [6.07, 6.45) is 0.0635. The molecule has 0 unspecified atom stereocenters. The second kappa shape index (κ2) is 6.01. The highest BCUT2D eigenvalue weighted by atomic mass is 19.4. The number of fused-ring (bicyclic) bond motifs is 2. The van der Waals surface area contributed by atoms with E-state index in [1.807, 2.05) is 13.8 Å². The van der Waals surface area contributed by atoms with E-state index in [1.54, 1.807) is 12.2 Å². The molecule has 1 heterocycles. The highest BCUT2D eigenvalue weighted by molar-refractivity contribution is 5.82. The van der Waals surface area contributed by atoms with Crippen LogP contribution < -0.4 is 0 Å². The third-order valence-corrected chi connectivity index (χ3v) is 5.04. The molecular formula is C18H19F3O3. The Morgan fingerprint density at radius 3 is 2.54 bits per heavy atom. The van der Waals surface area contributed by atoms with Crippen LogP contribution in [0.15, 0.2) is 30.3 Å². The Morgan fingerprint density at radius 2 is 1.92 bits per heavy atom. The lowest BCUT2D eigenvalue weighted by atomic mass is 9.71. The van der Waals surface area contributed by atoms with Crippen LogP contribution in [0.2, 0.25) is 0 Å². The Morgan fingerprint density at radius 1 is 1.25 bits per heavy atom. The van der Waals surface area contributed by atoms with Crippen LogP contribution in [-0.2, 0) is 20.7 Å². The second-order valence-electron chi connectivity index (χ2n) is 6.75. The Labute approximate surface area is 138 Å². The van der Waals surface area contributed by atoms with Gasteiger partial charge >= 0.3 is 6.18 Å². The van der Waals surface area contributed by atoms with E-state index in [-0.39, 0.29) is 23.7 Å². The van der Waals surface area contributed by atoms with Gasteiger partial charge in [0, 0.05) is 18.3 Å². The minimum atomic E-state index is -4.34. The first-order chi connectivity index (χ1) is 11.2. The van der Waals surface area contributed by atoms with Crippen molar-refractivity contribution in [2.45, 2.75) is 44.6 Å². The predicted octanol–water partition coefficient (Wildman–Crippen LogP) is 4.42. The quantitative estimate of drug-likeness (QED) is 0.748. The van der Waals surface area contributed by atoms with Gasteiger partial charge in [-0.3, -0.25) is 4.79 Å². The largest absolute Gasteiger partial charge is 0.416 e. The van der Waals surface area contributed by atoms with Gasteiger partial charge in [-0.1, -0.05) is 25.1 Å². The van der Waals surface area contributed by atoms with E-state index in [0.29, 0.717) is 12.0 Å². The smallest absolute Gasteiger partial charge is 0.299 e. The maximum atomic E-state index is 12.6. The zero-order chi connectivity index (χ0) is 17.5. The fourth-order valence-corrected chi connectivity index (χ4v) is 3.21. The molecule has 1 aliphatic heterocycles. The molecule has 24 heavy (non-hydrogen) atoms. The maximum Gasteiger partial charge on any atom is 0.416 e. The molecule has 1 saturated carbocycles. The monoisotopic (exact) mass is 340 g/mol. The van der Waals surface area contributed by atoms with Gasteiger partial charge in [0.2, 0.25) is 0 Å². The first-order valence-corrected chi connectivity index (χ1v) is 7.93. The number of alkyl halides is 3. The molecule has 1 aromatic carbocycles. The van der Waals surface area contributed by atoms with Crippen molar-refractivity contribution in [1.82, 2.24) is 0 Å². The van der Waals surface area contributed by atoms with Gasteiger partial charge in [0.05, 0.1) is 5.56 Å². The number of carbonyl (C=O) groups is 1. The lowest BCUT2D eigenvalue weighted by Crippen LogP contribution is -2.51. The number of rotatable bonds is 2. The Kier molecular flexibility index (Phi) is 4.30. The third-order valence-electron chi connectivity index (χ3n) is 5.04. The summed E-state index contributed by atoms with van der Waals surface area (Å²) in [4.78, 5) is 22.9. The fraction of sp³-hybridized carbons (Fsp3) is 0.500. The topological polar surface area (TPSA) is 35.5 Å². The molecule has 2 fully saturated rings. The maximum absolute atomic E-state index is 12.6. The summed E-state index contributed by atoms with van der Waals surface area (Å²) in [6.45, 7) is 3.67. The van der Waals surface area contributed by atoms with Crippen molar-refractivity contribution in [1.29, 1.82) is 0 Å². The van der Waals surface area contributed by atoms with Gasteiger partial charge in [-0.15, -0.1) is 0 Å². The molecule has 0 aromatic heterocycles. The molecule has 0 spiro atoms. The summed E-state index contributed by atoms with van der Waals surface area (Å²) >= 11 is 0. The number of Topliss-reactive ketones (excluding diaryl/α,β-unsaturated/α-hetero) is 1. The third kappa shape index (κ3) is 3.26. The fourth-order valence-electron chi connectivity index (χ4n) is 3.21. The molecule has 0 amide bonds. The van der Waals surface area contributed by atoms with Crippen LogP contribution in [0.25, 0.3) is 6.08 Å². The molecule has 1 saturated heterocycles. The van der Waals surface area contributed by atoms with E-state index in [4.69, 9.17) is 9.78 Å². The molecule has 3 nitrogen and oxygen atoms in total. The number of carbonyl (C=O) groups excluding carboxylic acids is 1. The van der Waals surface area contributed by atoms with E-state index in [0.717, 1.165) is 18.6 Å². The van der Waals surface area contributed by atoms with Gasteiger partial charge in [0.25, 0.3) is 0 Å². The van der Waals surface area contributed by atoms with Crippen LogP contribution >= 0.6 is 0 Å². The van der Waals surface area contributed by atoms with Crippen LogP contribution in [0.4, 0.5) is 13.2 Å². The van der Waals surface area contributed by atoms with Gasteiger partial charge in [0.15, 0.2) is 0 Å². The van der Waals surface area contributed by atoms with E-state index in [1.165, 1.54) is 12.1 Å². The molecular weight excluding hydrogens is 321 g/mol. The summed E-state index contributed by atoms with van der Waals surface area (Å²) in [5.41, 5.74) is -0.821. The molecule has 0 N–H and O–H groups in total. The molecule has 2 bridgehead atoms. The van der Waals surface area contributed by atoms with Crippen molar-refractivity contribution < 1.29 is 27.7 Å². The molecule has 0 radical (unpaired) electrons. The first kappa shape index (κ1) is 17.2. The summed E-state index contributed by atoms with van der Waals surface area (Å²) in [7, 11) is 0. The van der Waals surface area contributed by atoms with Gasteiger partial charge in [-0.2, -0.15) is 13.2 Å². The Balaban J connectivity index is 1.75. The predicted molar refractivity (Wildman–Crippen MR) is 81.7 cm³/mol. The second-order valence-corrected chi connectivity index (χ2v) is 6.75. The van der Waals surface area contributed by atoms with Crippen LogP contribution in [-0.4, -0.2) is 17.5 Å². The van der Waals surface area contributed by atoms with Crippen LogP contribution in [0.3, 0.4) is 0 Å². The number of hydrogen-bond acceptors (Lipinski definition) is 3. The molecule has 1 aliphatic carbocycles. The highest BCUT2D eigenvalue weighted by Crippen LogP contribution is 2.43. The molecule has 3 rings (SSSR count). The molecule has 1 aromatic rings. The zero-order valence-corrected chi connectivity index (χ0v) is 13.5. The van der Waals surface area contributed by atoms with Crippen molar-refractivity contribution in [3.63, 3.8) is 0 Å². The van der Waals surface area contributed by atoms with Crippen molar-refractivity contribution in [3.8, 4) is 0 Å². The van der Waals surface area contributed by atoms with E-state index in [9.17, 15) is 18.0 Å². The number of halogens is 3. The Bertz CT molecular complexity index is 650. The number of benzene rings is 1. The molecule has 4 atom stereocenters. The van der Waals surface area contributed by atoms with E-state index < -0.39 is 17.3 Å². The van der Waals surface area contributed by atoms with Crippen molar-refractivity contribution in [2.75, 3.05) is 0 Å². The minimum absolute atomic E-state index is 0.00523. The standard InChI is InChI=1S/C18H19F3O3/c1-11-15(22)9-14-10-16(11)23-24-17(14,2)8-7-12-3-5-13(6-4-12)18(19,20)21/h3-8,11,14,16H,9-10H2,1-2H3/t11-,14+,16+,17+/m1/s1. The van der Waals surface area contributed by atoms with Gasteiger partial charge in [-0.25, -0.2) is 9.78 Å². The summed E-state index contributed by atoms with van der Waals surface area (Å²) in [5.74, 6) is 0.00375. The Hall–Kier alpha value is -1.66. The summed E-state index contributed by atoms with van der Waals surface area (Å²) in [5, 5.41) is 0. The molecule has 6 heteroatoms. The van der Waals surface area contributed by atoms with Crippen molar-refractivity contribution in [3.05, 3.63) is 41.5 Å².